The Morgan fingerprint density at radius 1 is 1.05 bits per heavy atom. The van der Waals surface area contributed by atoms with Crippen LogP contribution in [0.4, 0.5) is 10.5 Å². The van der Waals surface area contributed by atoms with Crippen molar-refractivity contribution in [2.24, 2.45) is 5.10 Å². The molecule has 0 spiro atoms. The van der Waals surface area contributed by atoms with Crippen molar-refractivity contribution in [3.05, 3.63) is 64.1 Å². The molecule has 0 bridgehead atoms. The molecule has 0 saturated heterocycles. The Kier molecular flexibility index (Phi) is 5.41. The van der Waals surface area contributed by atoms with Crippen molar-refractivity contribution in [1.82, 2.24) is 4.90 Å². The van der Waals surface area contributed by atoms with E-state index in [2.05, 4.69) is 5.10 Å². The molecule has 0 aliphatic carbocycles. The number of rotatable bonds is 3. The highest BCUT2D eigenvalue weighted by Crippen LogP contribution is 2.27. The van der Waals surface area contributed by atoms with Crippen molar-refractivity contribution in [2.45, 2.75) is 0 Å². The zero-order valence-corrected chi connectivity index (χ0v) is 13.7. The summed E-state index contributed by atoms with van der Waals surface area (Å²) in [4.78, 5) is 13.8. The first kappa shape index (κ1) is 16.3. The maximum atomic E-state index is 12.3. The summed E-state index contributed by atoms with van der Waals surface area (Å²) >= 11 is 11.9. The third kappa shape index (κ3) is 4.00. The third-order valence-corrected chi connectivity index (χ3v) is 3.57. The number of halogens is 2. The minimum Gasteiger partial charge on any atom is -0.329 e. The van der Waals surface area contributed by atoms with Crippen molar-refractivity contribution in [3.8, 4) is 0 Å². The number of carbonyl (C=O) groups excluding carboxylic acids is 1. The minimum absolute atomic E-state index is 0.287. The summed E-state index contributed by atoms with van der Waals surface area (Å²) in [6, 6.07) is 14.2. The maximum absolute atomic E-state index is 12.3. The van der Waals surface area contributed by atoms with Crippen LogP contribution in [0.25, 0.3) is 0 Å². The van der Waals surface area contributed by atoms with Crippen LogP contribution in [0.3, 0.4) is 0 Å². The molecule has 2 aromatic carbocycles. The van der Waals surface area contributed by atoms with Crippen LogP contribution in [0, 0.1) is 0 Å². The Labute approximate surface area is 139 Å². The van der Waals surface area contributed by atoms with Crippen LogP contribution in [-0.2, 0) is 0 Å². The smallest absolute Gasteiger partial charge is 0.329 e. The normalized spacial score (nSPS) is 10.7. The largest absolute Gasteiger partial charge is 0.344 e. The van der Waals surface area contributed by atoms with E-state index in [1.54, 1.807) is 38.5 Å². The lowest BCUT2D eigenvalue weighted by Gasteiger charge is -2.21. The molecule has 0 saturated carbocycles. The topological polar surface area (TPSA) is 35.9 Å². The molecule has 0 atom stereocenters. The van der Waals surface area contributed by atoms with Gasteiger partial charge in [0.05, 0.1) is 21.9 Å². The first-order valence-corrected chi connectivity index (χ1v) is 7.30. The van der Waals surface area contributed by atoms with E-state index < -0.39 is 0 Å². The van der Waals surface area contributed by atoms with Crippen molar-refractivity contribution in [2.75, 3.05) is 19.1 Å². The SMILES string of the molecule is CN(C)C(=O)N(/N=C/c1ccccc1)c1ccc(Cl)c(Cl)c1. The van der Waals surface area contributed by atoms with Gasteiger partial charge in [-0.1, -0.05) is 53.5 Å². The van der Waals surface area contributed by atoms with E-state index >= 15 is 0 Å². The molecule has 0 N–H and O–H groups in total. The number of amides is 2. The first-order chi connectivity index (χ1) is 10.5. The first-order valence-electron chi connectivity index (χ1n) is 6.54. The monoisotopic (exact) mass is 335 g/mol. The van der Waals surface area contributed by atoms with Crippen LogP contribution in [0.2, 0.25) is 10.0 Å². The van der Waals surface area contributed by atoms with E-state index in [0.29, 0.717) is 15.7 Å². The molecule has 0 aliphatic heterocycles. The number of urea groups is 1. The molecule has 0 aromatic heterocycles. The Balaban J connectivity index is 2.36. The van der Waals surface area contributed by atoms with E-state index in [1.807, 2.05) is 30.3 Å². The highest BCUT2D eigenvalue weighted by atomic mass is 35.5. The molecule has 114 valence electrons. The van der Waals surface area contributed by atoms with Gasteiger partial charge < -0.3 is 4.90 Å². The van der Waals surface area contributed by atoms with Gasteiger partial charge in [-0.2, -0.15) is 10.1 Å². The Bertz CT molecular complexity index is 687. The predicted molar refractivity (Wildman–Crippen MR) is 92.1 cm³/mol. The molecule has 0 aliphatic rings. The lowest BCUT2D eigenvalue weighted by molar-refractivity contribution is 0.224. The second-order valence-electron chi connectivity index (χ2n) is 4.74. The maximum Gasteiger partial charge on any atom is 0.344 e. The molecule has 0 unspecified atom stereocenters. The van der Waals surface area contributed by atoms with Crippen molar-refractivity contribution in [3.63, 3.8) is 0 Å². The number of nitrogens with zero attached hydrogens (tertiary/aromatic N) is 3. The van der Waals surface area contributed by atoms with Crippen LogP contribution in [0.5, 0.6) is 0 Å². The number of anilines is 1. The molecule has 2 rings (SSSR count). The zero-order chi connectivity index (χ0) is 16.1. The van der Waals surface area contributed by atoms with E-state index in [0.717, 1.165) is 5.56 Å². The van der Waals surface area contributed by atoms with Crippen molar-refractivity contribution >= 4 is 41.1 Å². The number of hydrazone groups is 1. The van der Waals surface area contributed by atoms with Crippen LogP contribution in [-0.4, -0.2) is 31.2 Å². The Hall–Kier alpha value is -2.04. The van der Waals surface area contributed by atoms with Crippen molar-refractivity contribution < 1.29 is 4.79 Å². The standard InChI is InChI=1S/C16H15Cl2N3O/c1-20(2)16(22)21(13-8-9-14(17)15(18)10-13)19-11-12-6-4-3-5-7-12/h3-11H,1-2H3/b19-11+. The van der Waals surface area contributed by atoms with E-state index in [1.165, 1.54) is 9.91 Å². The van der Waals surface area contributed by atoms with Gasteiger partial charge >= 0.3 is 6.03 Å². The van der Waals surface area contributed by atoms with E-state index in [4.69, 9.17) is 23.2 Å². The van der Waals surface area contributed by atoms with Gasteiger partial charge in [0.2, 0.25) is 0 Å². The molecule has 0 heterocycles. The third-order valence-electron chi connectivity index (χ3n) is 2.83. The highest BCUT2D eigenvalue weighted by Gasteiger charge is 2.17. The van der Waals surface area contributed by atoms with Crippen LogP contribution >= 0.6 is 23.2 Å². The number of hydrogen-bond acceptors (Lipinski definition) is 2. The number of hydrogen-bond donors (Lipinski definition) is 0. The van der Waals surface area contributed by atoms with Gasteiger partial charge in [-0.05, 0) is 23.8 Å². The summed E-state index contributed by atoms with van der Waals surface area (Å²) in [5, 5.41) is 6.34. The lowest BCUT2D eigenvalue weighted by atomic mass is 10.2. The fraction of sp³-hybridized carbons (Fsp3) is 0.125. The Morgan fingerprint density at radius 2 is 1.73 bits per heavy atom. The molecule has 2 aromatic rings. The van der Waals surface area contributed by atoms with Crippen LogP contribution in [0.15, 0.2) is 53.6 Å². The molecular weight excluding hydrogens is 321 g/mol. The summed E-state index contributed by atoms with van der Waals surface area (Å²) in [5.74, 6) is 0. The van der Waals surface area contributed by atoms with Crippen LogP contribution < -0.4 is 5.01 Å². The summed E-state index contributed by atoms with van der Waals surface area (Å²) in [6.07, 6.45) is 1.61. The molecule has 0 radical (unpaired) electrons. The molecule has 2 amide bonds. The van der Waals surface area contributed by atoms with Crippen LogP contribution in [0.1, 0.15) is 5.56 Å². The molecule has 0 fully saturated rings. The van der Waals surface area contributed by atoms with Gasteiger partial charge in [0.15, 0.2) is 0 Å². The van der Waals surface area contributed by atoms with Gasteiger partial charge in [0.1, 0.15) is 0 Å². The molecule has 4 nitrogen and oxygen atoms in total. The Morgan fingerprint density at radius 3 is 2.32 bits per heavy atom. The quantitative estimate of drug-likeness (QED) is 0.600. The fourth-order valence-electron chi connectivity index (χ4n) is 1.70. The lowest BCUT2D eigenvalue weighted by Crippen LogP contribution is -2.35. The summed E-state index contributed by atoms with van der Waals surface area (Å²) < 4.78 is 0. The van der Waals surface area contributed by atoms with E-state index in [-0.39, 0.29) is 6.03 Å². The molecule has 6 heteroatoms. The predicted octanol–water partition coefficient (Wildman–Crippen LogP) is 4.52. The van der Waals surface area contributed by atoms with Gasteiger partial charge in [0, 0.05) is 14.1 Å². The number of carbonyl (C=O) groups is 1. The summed E-state index contributed by atoms with van der Waals surface area (Å²) in [7, 11) is 3.32. The second-order valence-corrected chi connectivity index (χ2v) is 5.56. The molecular formula is C16H15Cl2N3O. The van der Waals surface area contributed by atoms with Gasteiger partial charge in [-0.25, -0.2) is 4.79 Å². The van der Waals surface area contributed by atoms with Gasteiger partial charge in [-0.3, -0.25) is 0 Å². The average Bonchev–Trinajstić information content (AvgIpc) is 2.51. The molecule has 22 heavy (non-hydrogen) atoms. The zero-order valence-electron chi connectivity index (χ0n) is 12.2. The van der Waals surface area contributed by atoms with Crippen molar-refractivity contribution in [1.29, 1.82) is 0 Å². The summed E-state index contributed by atoms with van der Waals surface area (Å²) in [5.41, 5.74) is 1.43. The van der Waals surface area contributed by atoms with Gasteiger partial charge in [0.25, 0.3) is 0 Å². The fourth-order valence-corrected chi connectivity index (χ4v) is 1.99. The minimum atomic E-state index is -0.287. The second kappa shape index (κ2) is 7.29. The highest BCUT2D eigenvalue weighted by molar-refractivity contribution is 6.42. The number of benzene rings is 2. The van der Waals surface area contributed by atoms with Gasteiger partial charge in [-0.15, -0.1) is 0 Å². The van der Waals surface area contributed by atoms with E-state index in [9.17, 15) is 4.79 Å². The average molecular weight is 336 g/mol. The summed E-state index contributed by atoms with van der Waals surface area (Å²) in [6.45, 7) is 0.